The first-order chi connectivity index (χ1) is 13.5. The molecule has 1 unspecified atom stereocenters. The van der Waals surface area contributed by atoms with E-state index in [0.29, 0.717) is 18.4 Å². The van der Waals surface area contributed by atoms with Crippen LogP contribution in [0.25, 0.3) is 0 Å². The highest BCUT2D eigenvalue weighted by molar-refractivity contribution is 7.10. The minimum atomic E-state index is -0.384. The third-order valence-electron chi connectivity index (χ3n) is 5.47. The van der Waals surface area contributed by atoms with Crippen LogP contribution in [-0.4, -0.2) is 24.2 Å². The number of aryl methyl sites for hydroxylation is 1. The molecule has 152 valence electrons. The lowest BCUT2D eigenvalue weighted by molar-refractivity contribution is -0.123. The summed E-state index contributed by atoms with van der Waals surface area (Å²) in [4.78, 5) is 13.9. The Morgan fingerprint density at radius 1 is 1.39 bits per heavy atom. The van der Waals surface area contributed by atoms with Gasteiger partial charge in [0.2, 0.25) is 5.91 Å². The molecule has 1 aliphatic rings. The standard InChI is InChI=1S/C23H31NO3S/c1-4-6-15(2)14-27-17-8-9-18(16(3)11-17)21(13-25)24-23(26)20-12-19(20)22-7-5-10-28-22/h5,7-11,15,19-21,25H,4,6,12-14H2,1-3H3,(H,24,26)/t15-,19+,20+,21?/m1/s1. The predicted molar refractivity (Wildman–Crippen MR) is 114 cm³/mol. The van der Waals surface area contributed by atoms with Crippen LogP contribution in [0.1, 0.15) is 61.1 Å². The van der Waals surface area contributed by atoms with E-state index in [1.165, 1.54) is 4.88 Å². The fraction of sp³-hybridized carbons (Fsp3) is 0.522. The van der Waals surface area contributed by atoms with Crippen molar-refractivity contribution in [2.75, 3.05) is 13.2 Å². The third kappa shape index (κ3) is 5.15. The maximum atomic E-state index is 12.6. The van der Waals surface area contributed by atoms with Gasteiger partial charge in [-0.25, -0.2) is 0 Å². The molecule has 1 heterocycles. The number of thiophene rings is 1. The molecule has 2 N–H and O–H groups in total. The first-order valence-electron chi connectivity index (χ1n) is 10.2. The quantitative estimate of drug-likeness (QED) is 0.600. The van der Waals surface area contributed by atoms with E-state index in [1.807, 2.05) is 31.2 Å². The number of ether oxygens (including phenoxy) is 1. The van der Waals surface area contributed by atoms with Crippen molar-refractivity contribution in [3.63, 3.8) is 0 Å². The molecule has 1 saturated carbocycles. The summed E-state index contributed by atoms with van der Waals surface area (Å²) in [5.74, 6) is 1.76. The monoisotopic (exact) mass is 401 g/mol. The molecule has 2 aromatic rings. The molecular formula is C23H31NO3S. The molecule has 1 fully saturated rings. The van der Waals surface area contributed by atoms with Gasteiger partial charge in [-0.05, 0) is 60.4 Å². The summed E-state index contributed by atoms with van der Waals surface area (Å²) in [6, 6.07) is 9.62. The van der Waals surface area contributed by atoms with Crippen LogP contribution < -0.4 is 10.1 Å². The molecule has 1 amide bonds. The van der Waals surface area contributed by atoms with Crippen LogP contribution in [0.5, 0.6) is 5.75 Å². The summed E-state index contributed by atoms with van der Waals surface area (Å²) >= 11 is 1.71. The number of hydrogen-bond donors (Lipinski definition) is 2. The van der Waals surface area contributed by atoms with E-state index in [9.17, 15) is 9.90 Å². The molecule has 4 atom stereocenters. The molecular weight excluding hydrogens is 370 g/mol. The largest absolute Gasteiger partial charge is 0.493 e. The number of benzene rings is 1. The molecule has 5 heteroatoms. The molecule has 0 spiro atoms. The molecule has 4 nitrogen and oxygen atoms in total. The minimum Gasteiger partial charge on any atom is -0.493 e. The first kappa shape index (κ1) is 20.9. The van der Waals surface area contributed by atoms with Gasteiger partial charge >= 0.3 is 0 Å². The van der Waals surface area contributed by atoms with Gasteiger partial charge in [-0.1, -0.05) is 32.4 Å². The van der Waals surface area contributed by atoms with E-state index in [1.54, 1.807) is 11.3 Å². The van der Waals surface area contributed by atoms with Crippen molar-refractivity contribution in [1.29, 1.82) is 0 Å². The second kappa shape index (κ2) is 9.57. The Balaban J connectivity index is 1.58. The number of aliphatic hydroxyl groups is 1. The third-order valence-corrected chi connectivity index (χ3v) is 6.47. The highest BCUT2D eigenvalue weighted by Crippen LogP contribution is 2.49. The van der Waals surface area contributed by atoms with E-state index >= 15 is 0 Å². The van der Waals surface area contributed by atoms with Crippen molar-refractivity contribution in [2.24, 2.45) is 11.8 Å². The second-order valence-corrected chi connectivity index (χ2v) is 8.91. The summed E-state index contributed by atoms with van der Waals surface area (Å²) in [6.45, 7) is 6.97. The number of amides is 1. The number of nitrogens with one attached hydrogen (secondary N) is 1. The van der Waals surface area contributed by atoms with E-state index in [2.05, 4.69) is 30.6 Å². The number of hydrogen-bond acceptors (Lipinski definition) is 4. The summed E-state index contributed by atoms with van der Waals surface area (Å²) < 4.78 is 5.91. The number of aliphatic hydroxyl groups excluding tert-OH is 1. The number of carbonyl (C=O) groups is 1. The topological polar surface area (TPSA) is 58.6 Å². The fourth-order valence-electron chi connectivity index (χ4n) is 3.75. The molecule has 1 aromatic heterocycles. The summed E-state index contributed by atoms with van der Waals surface area (Å²) in [6.07, 6.45) is 3.21. The predicted octanol–water partition coefficient (Wildman–Crippen LogP) is 4.82. The van der Waals surface area contributed by atoms with Crippen molar-refractivity contribution in [3.8, 4) is 5.75 Å². The van der Waals surface area contributed by atoms with Crippen LogP contribution in [0, 0.1) is 18.8 Å². The van der Waals surface area contributed by atoms with Crippen molar-refractivity contribution in [3.05, 3.63) is 51.7 Å². The molecule has 0 aliphatic heterocycles. The molecule has 28 heavy (non-hydrogen) atoms. The minimum absolute atomic E-state index is 0.0238. The molecule has 0 saturated heterocycles. The van der Waals surface area contributed by atoms with Crippen LogP contribution in [-0.2, 0) is 4.79 Å². The van der Waals surface area contributed by atoms with Gasteiger partial charge in [0.05, 0.1) is 19.3 Å². The van der Waals surface area contributed by atoms with Gasteiger partial charge in [-0.3, -0.25) is 4.79 Å². The summed E-state index contributed by atoms with van der Waals surface area (Å²) in [7, 11) is 0. The van der Waals surface area contributed by atoms with Gasteiger partial charge in [-0.2, -0.15) is 0 Å². The van der Waals surface area contributed by atoms with Crippen molar-refractivity contribution in [2.45, 2.75) is 52.0 Å². The maximum Gasteiger partial charge on any atom is 0.224 e. The van der Waals surface area contributed by atoms with E-state index < -0.39 is 0 Å². The second-order valence-electron chi connectivity index (χ2n) is 7.93. The van der Waals surface area contributed by atoms with Crippen molar-refractivity contribution >= 4 is 17.2 Å². The van der Waals surface area contributed by atoms with Crippen LogP contribution in [0.15, 0.2) is 35.7 Å². The number of carbonyl (C=O) groups excluding carboxylic acids is 1. The van der Waals surface area contributed by atoms with Crippen molar-refractivity contribution < 1.29 is 14.6 Å². The lowest BCUT2D eigenvalue weighted by Gasteiger charge is -2.20. The van der Waals surface area contributed by atoms with E-state index in [4.69, 9.17) is 4.74 Å². The Hall–Kier alpha value is -1.85. The Morgan fingerprint density at radius 3 is 2.86 bits per heavy atom. The van der Waals surface area contributed by atoms with Crippen molar-refractivity contribution in [1.82, 2.24) is 5.32 Å². The molecule has 1 aliphatic carbocycles. The average molecular weight is 402 g/mol. The van der Waals surface area contributed by atoms with E-state index in [0.717, 1.165) is 36.1 Å². The van der Waals surface area contributed by atoms with Gasteiger partial charge in [0, 0.05) is 16.7 Å². The van der Waals surface area contributed by atoms with Crippen LogP contribution in [0.4, 0.5) is 0 Å². The Kier molecular flexibility index (Phi) is 7.13. The lowest BCUT2D eigenvalue weighted by Crippen LogP contribution is -2.32. The van der Waals surface area contributed by atoms with Crippen LogP contribution >= 0.6 is 11.3 Å². The molecule has 0 bridgehead atoms. The smallest absolute Gasteiger partial charge is 0.224 e. The summed E-state index contributed by atoms with van der Waals surface area (Å²) in [5, 5.41) is 15.0. The fourth-order valence-corrected chi connectivity index (χ4v) is 4.65. The molecule has 0 radical (unpaired) electrons. The zero-order valence-electron chi connectivity index (χ0n) is 17.0. The summed E-state index contributed by atoms with van der Waals surface area (Å²) in [5.41, 5.74) is 1.96. The zero-order chi connectivity index (χ0) is 20.1. The first-order valence-corrected chi connectivity index (χ1v) is 11.1. The van der Waals surface area contributed by atoms with Crippen LogP contribution in [0.2, 0.25) is 0 Å². The maximum absolute atomic E-state index is 12.6. The van der Waals surface area contributed by atoms with Gasteiger partial charge in [0.25, 0.3) is 0 Å². The normalized spacial score (nSPS) is 20.4. The molecule has 3 rings (SSSR count). The van der Waals surface area contributed by atoms with Gasteiger partial charge < -0.3 is 15.2 Å². The average Bonchev–Trinajstić information content (AvgIpc) is 3.30. The van der Waals surface area contributed by atoms with E-state index in [-0.39, 0.29) is 24.5 Å². The highest BCUT2D eigenvalue weighted by atomic mass is 32.1. The lowest BCUT2D eigenvalue weighted by atomic mass is 10.0. The SMILES string of the molecule is CCC[C@@H](C)COc1ccc(C(CO)NC(=O)[C@H]2C[C@@H]2c2cccs2)c(C)c1. The Morgan fingerprint density at radius 2 is 2.21 bits per heavy atom. The van der Waals surface area contributed by atoms with Gasteiger partial charge in [-0.15, -0.1) is 11.3 Å². The zero-order valence-corrected chi connectivity index (χ0v) is 17.8. The van der Waals surface area contributed by atoms with Crippen LogP contribution in [0.3, 0.4) is 0 Å². The Labute approximate surface area is 171 Å². The molecule has 1 aromatic carbocycles. The highest BCUT2D eigenvalue weighted by Gasteiger charge is 2.45. The number of rotatable bonds is 10. The van der Waals surface area contributed by atoms with Gasteiger partial charge in [0.1, 0.15) is 5.75 Å². The Bertz CT molecular complexity index is 774. The van der Waals surface area contributed by atoms with Gasteiger partial charge in [0.15, 0.2) is 0 Å².